The van der Waals surface area contributed by atoms with Crippen LogP contribution in [-0.2, 0) is 19.1 Å². The van der Waals surface area contributed by atoms with Crippen molar-refractivity contribution >= 4 is 29.6 Å². The van der Waals surface area contributed by atoms with Crippen LogP contribution in [0, 0.1) is 0 Å². The molecule has 0 aromatic heterocycles. The average Bonchev–Trinajstić information content (AvgIpc) is 2.44. The van der Waals surface area contributed by atoms with Gasteiger partial charge in [-0.3, -0.25) is 4.79 Å². The van der Waals surface area contributed by atoms with Crippen molar-refractivity contribution in [3.63, 3.8) is 0 Å². The van der Waals surface area contributed by atoms with Crippen LogP contribution in [0.5, 0.6) is 0 Å². The Hall–Kier alpha value is -1.28. The third-order valence-electron chi connectivity index (χ3n) is 2.71. The SMILES string of the molecule is CC(=O)OCOC(=O)NCCC(C(=O)[O-])c1ccc(Cl)cc1.[Na+]. The minimum absolute atomic E-state index is 0. The summed E-state index contributed by atoms with van der Waals surface area (Å²) in [5, 5.41) is 14.0. The fraction of sp³-hybridized carbons (Fsp3) is 0.357. The number of rotatable bonds is 7. The molecule has 0 bridgehead atoms. The van der Waals surface area contributed by atoms with Crippen molar-refractivity contribution in [3.8, 4) is 0 Å². The number of alkyl carbamates (subject to hydrolysis) is 1. The molecule has 1 unspecified atom stereocenters. The minimum atomic E-state index is -1.25. The van der Waals surface area contributed by atoms with E-state index in [1.54, 1.807) is 24.3 Å². The normalized spacial score (nSPS) is 10.9. The Labute approximate surface area is 160 Å². The maximum Gasteiger partial charge on any atom is 1.00 e. The molecule has 120 valence electrons. The van der Waals surface area contributed by atoms with Crippen molar-refractivity contribution in [1.82, 2.24) is 5.32 Å². The smallest absolute Gasteiger partial charge is 0.549 e. The molecule has 0 fully saturated rings. The molecule has 9 heteroatoms. The summed E-state index contributed by atoms with van der Waals surface area (Å²) < 4.78 is 8.96. The van der Waals surface area contributed by atoms with E-state index in [0.717, 1.165) is 0 Å². The van der Waals surface area contributed by atoms with E-state index >= 15 is 0 Å². The zero-order valence-electron chi connectivity index (χ0n) is 12.8. The number of hydrogen-bond acceptors (Lipinski definition) is 6. The van der Waals surface area contributed by atoms with Gasteiger partial charge in [0.25, 0.3) is 0 Å². The molecule has 0 aliphatic carbocycles. The minimum Gasteiger partial charge on any atom is -0.549 e. The number of carbonyl (C=O) groups is 3. The molecule has 1 N–H and O–H groups in total. The van der Waals surface area contributed by atoms with Gasteiger partial charge >= 0.3 is 41.6 Å². The van der Waals surface area contributed by atoms with Gasteiger partial charge in [-0.2, -0.15) is 0 Å². The van der Waals surface area contributed by atoms with Crippen LogP contribution in [0.4, 0.5) is 4.79 Å². The maximum atomic E-state index is 11.3. The van der Waals surface area contributed by atoms with Crippen molar-refractivity contribution in [3.05, 3.63) is 34.9 Å². The molecule has 0 heterocycles. The molecular weight excluding hydrogens is 337 g/mol. The van der Waals surface area contributed by atoms with Gasteiger partial charge < -0.3 is 24.7 Å². The van der Waals surface area contributed by atoms with Gasteiger partial charge in [-0.15, -0.1) is 0 Å². The Morgan fingerprint density at radius 3 is 2.35 bits per heavy atom. The maximum absolute atomic E-state index is 11.3. The Kier molecular flexibility index (Phi) is 10.7. The number of esters is 1. The predicted octanol–water partition coefficient (Wildman–Crippen LogP) is -2.19. The van der Waals surface area contributed by atoms with Crippen LogP contribution < -0.4 is 40.0 Å². The first-order valence-corrected chi connectivity index (χ1v) is 6.78. The number of carboxylic acid groups (broad SMARTS) is 1. The van der Waals surface area contributed by atoms with E-state index in [-0.39, 0.29) is 42.5 Å². The third-order valence-corrected chi connectivity index (χ3v) is 2.96. The van der Waals surface area contributed by atoms with Crippen LogP contribution in [0.3, 0.4) is 0 Å². The molecular formula is C14H15ClNNaO6. The number of amides is 1. The predicted molar refractivity (Wildman–Crippen MR) is 74.9 cm³/mol. The standard InChI is InChI=1S/C14H16ClNO6.Na/c1-9(17)21-8-22-14(20)16-7-6-12(13(18)19)10-2-4-11(15)5-3-10;/h2-5,12H,6-8H2,1H3,(H,16,20)(H,18,19);/q;+1/p-1. The van der Waals surface area contributed by atoms with Gasteiger partial charge in [0, 0.05) is 30.4 Å². The van der Waals surface area contributed by atoms with Crippen molar-refractivity contribution in [2.24, 2.45) is 0 Å². The fourth-order valence-electron chi connectivity index (χ4n) is 1.65. The number of aliphatic carboxylic acids is 1. The quantitative estimate of drug-likeness (QED) is 0.340. The molecule has 0 aliphatic rings. The van der Waals surface area contributed by atoms with Gasteiger partial charge in [0.15, 0.2) is 0 Å². The first kappa shape index (κ1) is 21.7. The molecule has 0 spiro atoms. The molecule has 1 amide bonds. The van der Waals surface area contributed by atoms with Crippen LogP contribution in [0.2, 0.25) is 5.02 Å². The van der Waals surface area contributed by atoms with Crippen LogP contribution in [0.15, 0.2) is 24.3 Å². The summed E-state index contributed by atoms with van der Waals surface area (Å²) in [6, 6.07) is 6.32. The van der Waals surface area contributed by atoms with Gasteiger partial charge in [-0.05, 0) is 24.1 Å². The Balaban J connectivity index is 0.00000484. The monoisotopic (exact) mass is 351 g/mol. The molecule has 1 aromatic rings. The van der Waals surface area contributed by atoms with Gasteiger partial charge in [0.1, 0.15) is 0 Å². The number of carbonyl (C=O) groups excluding carboxylic acids is 3. The zero-order valence-corrected chi connectivity index (χ0v) is 15.6. The topological polar surface area (TPSA) is 105 Å². The number of ether oxygens (including phenoxy) is 2. The van der Waals surface area contributed by atoms with E-state index in [2.05, 4.69) is 14.8 Å². The van der Waals surface area contributed by atoms with Crippen LogP contribution >= 0.6 is 11.6 Å². The van der Waals surface area contributed by atoms with E-state index in [9.17, 15) is 19.5 Å². The summed E-state index contributed by atoms with van der Waals surface area (Å²) in [6.07, 6.45) is -0.693. The van der Waals surface area contributed by atoms with Gasteiger partial charge in [-0.25, -0.2) is 4.79 Å². The number of carboxylic acids is 1. The number of nitrogens with one attached hydrogen (secondary N) is 1. The first-order valence-electron chi connectivity index (χ1n) is 6.40. The molecule has 0 aliphatic heterocycles. The Morgan fingerprint density at radius 1 is 1.22 bits per heavy atom. The second-order valence-corrected chi connectivity index (χ2v) is 4.76. The fourth-order valence-corrected chi connectivity index (χ4v) is 1.78. The zero-order chi connectivity index (χ0) is 16.5. The second kappa shape index (κ2) is 11.3. The van der Waals surface area contributed by atoms with Crippen molar-refractivity contribution in [2.75, 3.05) is 13.3 Å². The molecule has 1 rings (SSSR count). The number of halogens is 1. The van der Waals surface area contributed by atoms with Crippen LogP contribution in [0.25, 0.3) is 0 Å². The van der Waals surface area contributed by atoms with Gasteiger partial charge in [0.05, 0.1) is 0 Å². The number of hydrogen-bond donors (Lipinski definition) is 1. The molecule has 0 radical (unpaired) electrons. The van der Waals surface area contributed by atoms with Crippen LogP contribution in [-0.4, -0.2) is 31.4 Å². The Bertz CT molecular complexity index is 537. The van der Waals surface area contributed by atoms with E-state index in [4.69, 9.17) is 11.6 Å². The van der Waals surface area contributed by atoms with Crippen molar-refractivity contribution in [1.29, 1.82) is 0 Å². The number of benzene rings is 1. The third kappa shape index (κ3) is 8.80. The van der Waals surface area contributed by atoms with E-state index in [0.29, 0.717) is 10.6 Å². The molecule has 1 aromatic carbocycles. The summed E-state index contributed by atoms with van der Waals surface area (Å²) in [7, 11) is 0. The summed E-state index contributed by atoms with van der Waals surface area (Å²) in [5.41, 5.74) is 0.527. The molecule has 0 saturated carbocycles. The van der Waals surface area contributed by atoms with E-state index in [1.165, 1.54) is 6.92 Å². The summed E-state index contributed by atoms with van der Waals surface area (Å²) in [5.74, 6) is -2.71. The van der Waals surface area contributed by atoms with Crippen LogP contribution in [0.1, 0.15) is 24.8 Å². The largest absolute Gasteiger partial charge is 1.00 e. The molecule has 1 atom stereocenters. The summed E-state index contributed by atoms with van der Waals surface area (Å²) in [4.78, 5) is 32.9. The molecule has 7 nitrogen and oxygen atoms in total. The first-order chi connectivity index (χ1) is 10.4. The molecule has 23 heavy (non-hydrogen) atoms. The average molecular weight is 352 g/mol. The van der Waals surface area contributed by atoms with Crippen molar-refractivity contribution in [2.45, 2.75) is 19.3 Å². The molecule has 0 saturated heterocycles. The summed E-state index contributed by atoms with van der Waals surface area (Å²) in [6.45, 7) is 0.736. The van der Waals surface area contributed by atoms with E-state index < -0.39 is 30.7 Å². The van der Waals surface area contributed by atoms with Crippen molar-refractivity contribution < 1.29 is 58.5 Å². The van der Waals surface area contributed by atoms with Gasteiger partial charge in [0.2, 0.25) is 6.79 Å². The second-order valence-electron chi connectivity index (χ2n) is 4.32. The van der Waals surface area contributed by atoms with Gasteiger partial charge in [-0.1, -0.05) is 23.7 Å². The summed E-state index contributed by atoms with van der Waals surface area (Å²) >= 11 is 5.74. The Morgan fingerprint density at radius 2 is 1.83 bits per heavy atom. The van der Waals surface area contributed by atoms with E-state index in [1.807, 2.05) is 0 Å².